The number of thiazole rings is 1. The van der Waals surface area contributed by atoms with Crippen molar-refractivity contribution in [1.82, 2.24) is 4.98 Å². The van der Waals surface area contributed by atoms with Gasteiger partial charge in [-0.2, -0.15) is 0 Å². The highest BCUT2D eigenvalue weighted by atomic mass is 32.1. The summed E-state index contributed by atoms with van der Waals surface area (Å²) in [5, 5.41) is 5.10. The first kappa shape index (κ1) is 18.1. The Bertz CT molecular complexity index is 1000. The molecule has 0 aliphatic carbocycles. The topological polar surface area (TPSA) is 78.9 Å². The largest absolute Gasteiger partial charge is 0.497 e. The summed E-state index contributed by atoms with van der Waals surface area (Å²) in [5.74, 6) is 2.24. The third-order valence-corrected chi connectivity index (χ3v) is 4.98. The van der Waals surface area contributed by atoms with E-state index >= 15 is 0 Å². The van der Waals surface area contributed by atoms with Crippen LogP contribution in [0.4, 0.5) is 5.13 Å². The standard InChI is InChI=1S/C20H18N2O5S/c1-24-12-7-8-15(25-2)13(9-12)14-11-28-20(21-14)22-19(23)18-10-26-16-5-3-4-6-17(16)27-18/h3-9,11,18H,10H2,1-2H3,(H,21,22,23)/t18-/m1/s1. The number of rotatable bonds is 5. The lowest BCUT2D eigenvalue weighted by molar-refractivity contribution is -0.125. The summed E-state index contributed by atoms with van der Waals surface area (Å²) in [7, 11) is 3.20. The van der Waals surface area contributed by atoms with Gasteiger partial charge >= 0.3 is 0 Å². The van der Waals surface area contributed by atoms with Gasteiger partial charge in [-0.25, -0.2) is 4.98 Å². The van der Waals surface area contributed by atoms with Crippen molar-refractivity contribution in [3.8, 4) is 34.3 Å². The molecule has 1 N–H and O–H groups in total. The smallest absolute Gasteiger partial charge is 0.270 e. The van der Waals surface area contributed by atoms with Gasteiger partial charge in [-0.15, -0.1) is 11.3 Å². The lowest BCUT2D eigenvalue weighted by atomic mass is 10.1. The minimum atomic E-state index is -0.742. The van der Waals surface area contributed by atoms with Crippen molar-refractivity contribution in [2.24, 2.45) is 0 Å². The normalized spacial score (nSPS) is 15.0. The van der Waals surface area contributed by atoms with Crippen LogP contribution in [0, 0.1) is 0 Å². The van der Waals surface area contributed by atoms with Crippen LogP contribution in [-0.4, -0.2) is 37.8 Å². The monoisotopic (exact) mass is 398 g/mol. The van der Waals surface area contributed by atoms with Gasteiger partial charge in [0.2, 0.25) is 6.10 Å². The number of ether oxygens (including phenoxy) is 4. The van der Waals surface area contributed by atoms with E-state index in [-0.39, 0.29) is 12.5 Å². The van der Waals surface area contributed by atoms with Gasteiger partial charge in [0.1, 0.15) is 18.1 Å². The maximum atomic E-state index is 12.6. The second-order valence-corrected chi connectivity index (χ2v) is 6.82. The fraction of sp³-hybridized carbons (Fsp3) is 0.200. The van der Waals surface area contributed by atoms with Crippen molar-refractivity contribution in [2.75, 3.05) is 26.1 Å². The van der Waals surface area contributed by atoms with E-state index in [9.17, 15) is 4.79 Å². The number of hydrogen-bond acceptors (Lipinski definition) is 7. The minimum absolute atomic E-state index is 0.144. The van der Waals surface area contributed by atoms with Gasteiger partial charge in [0.25, 0.3) is 5.91 Å². The number of benzene rings is 2. The van der Waals surface area contributed by atoms with Crippen LogP contribution in [0.1, 0.15) is 0 Å². The number of amides is 1. The van der Waals surface area contributed by atoms with Crippen molar-refractivity contribution in [3.63, 3.8) is 0 Å². The third kappa shape index (κ3) is 3.59. The summed E-state index contributed by atoms with van der Waals surface area (Å²) in [6.45, 7) is 0.144. The molecule has 2 heterocycles. The number of carbonyl (C=O) groups is 1. The summed E-state index contributed by atoms with van der Waals surface area (Å²) >= 11 is 1.32. The fourth-order valence-electron chi connectivity index (χ4n) is 2.80. The number of carbonyl (C=O) groups excluding carboxylic acids is 1. The Kier molecular flexibility index (Phi) is 5.03. The first-order chi connectivity index (χ1) is 13.7. The average molecular weight is 398 g/mol. The van der Waals surface area contributed by atoms with Crippen LogP contribution in [-0.2, 0) is 4.79 Å². The molecule has 0 spiro atoms. The number of anilines is 1. The van der Waals surface area contributed by atoms with Crippen LogP contribution in [0.5, 0.6) is 23.0 Å². The molecule has 28 heavy (non-hydrogen) atoms. The summed E-state index contributed by atoms with van der Waals surface area (Å²) < 4.78 is 22.0. The molecule has 4 rings (SSSR count). The Morgan fingerprint density at radius 1 is 1.18 bits per heavy atom. The van der Waals surface area contributed by atoms with Gasteiger partial charge in [-0.1, -0.05) is 12.1 Å². The van der Waals surface area contributed by atoms with Crippen LogP contribution in [0.15, 0.2) is 47.8 Å². The number of aromatic nitrogens is 1. The van der Waals surface area contributed by atoms with Crippen molar-refractivity contribution in [3.05, 3.63) is 47.8 Å². The van der Waals surface area contributed by atoms with E-state index in [4.69, 9.17) is 18.9 Å². The molecular formula is C20H18N2O5S. The van der Waals surface area contributed by atoms with Crippen LogP contribution < -0.4 is 24.3 Å². The highest BCUT2D eigenvalue weighted by Gasteiger charge is 2.28. The molecule has 3 aromatic rings. The molecule has 0 saturated heterocycles. The predicted octanol–water partition coefficient (Wildman–Crippen LogP) is 3.61. The van der Waals surface area contributed by atoms with Gasteiger partial charge in [-0.3, -0.25) is 10.1 Å². The van der Waals surface area contributed by atoms with E-state index in [0.29, 0.717) is 33.8 Å². The Morgan fingerprint density at radius 3 is 2.79 bits per heavy atom. The Balaban J connectivity index is 1.49. The van der Waals surface area contributed by atoms with Crippen molar-refractivity contribution in [1.29, 1.82) is 0 Å². The molecule has 8 heteroatoms. The van der Waals surface area contributed by atoms with Gasteiger partial charge in [-0.05, 0) is 30.3 Å². The lowest BCUT2D eigenvalue weighted by Gasteiger charge is -2.25. The van der Waals surface area contributed by atoms with E-state index in [2.05, 4.69) is 10.3 Å². The van der Waals surface area contributed by atoms with E-state index in [1.165, 1.54) is 11.3 Å². The maximum Gasteiger partial charge on any atom is 0.270 e. The summed E-state index contributed by atoms with van der Waals surface area (Å²) in [6.07, 6.45) is -0.742. The molecule has 0 radical (unpaired) electrons. The van der Waals surface area contributed by atoms with E-state index in [1.54, 1.807) is 26.4 Å². The maximum absolute atomic E-state index is 12.6. The van der Waals surface area contributed by atoms with Crippen LogP contribution in [0.2, 0.25) is 0 Å². The van der Waals surface area contributed by atoms with Gasteiger partial charge < -0.3 is 18.9 Å². The second-order valence-electron chi connectivity index (χ2n) is 5.96. The first-order valence-corrected chi connectivity index (χ1v) is 9.43. The minimum Gasteiger partial charge on any atom is -0.497 e. The van der Waals surface area contributed by atoms with Crippen molar-refractivity contribution in [2.45, 2.75) is 6.10 Å². The molecule has 7 nitrogen and oxygen atoms in total. The van der Waals surface area contributed by atoms with Gasteiger partial charge in [0.15, 0.2) is 16.6 Å². The zero-order valence-corrected chi connectivity index (χ0v) is 16.1. The quantitative estimate of drug-likeness (QED) is 0.707. The number of hydrogen-bond donors (Lipinski definition) is 1. The van der Waals surface area contributed by atoms with Gasteiger partial charge in [0.05, 0.1) is 19.9 Å². The highest BCUT2D eigenvalue weighted by molar-refractivity contribution is 7.14. The van der Waals surface area contributed by atoms with E-state index in [1.807, 2.05) is 35.7 Å². The Morgan fingerprint density at radius 2 is 2.00 bits per heavy atom. The average Bonchev–Trinajstić information content (AvgIpc) is 3.21. The number of nitrogens with zero attached hydrogens (tertiary/aromatic N) is 1. The third-order valence-electron chi connectivity index (χ3n) is 4.22. The molecule has 1 aliphatic heterocycles. The van der Waals surface area contributed by atoms with Crippen LogP contribution in [0.3, 0.4) is 0 Å². The summed E-state index contributed by atoms with van der Waals surface area (Å²) in [5.41, 5.74) is 1.46. The zero-order valence-electron chi connectivity index (χ0n) is 15.3. The van der Waals surface area contributed by atoms with Gasteiger partial charge in [0, 0.05) is 10.9 Å². The van der Waals surface area contributed by atoms with Crippen LogP contribution >= 0.6 is 11.3 Å². The van der Waals surface area contributed by atoms with E-state index < -0.39 is 6.10 Å². The second kappa shape index (κ2) is 7.77. The van der Waals surface area contributed by atoms with Crippen molar-refractivity contribution >= 4 is 22.4 Å². The van der Waals surface area contributed by atoms with E-state index in [0.717, 1.165) is 5.56 Å². The SMILES string of the molecule is COc1ccc(OC)c(-c2csc(NC(=O)[C@H]3COc4ccccc4O3)n2)c1. The molecular weight excluding hydrogens is 380 g/mol. The number of para-hydroxylation sites is 2. The summed E-state index contributed by atoms with van der Waals surface area (Å²) in [4.78, 5) is 17.1. The summed E-state index contributed by atoms with van der Waals surface area (Å²) in [6, 6.07) is 12.7. The Labute approximate surface area is 165 Å². The molecule has 1 aliphatic rings. The molecule has 2 aromatic carbocycles. The van der Waals surface area contributed by atoms with Crippen LogP contribution in [0.25, 0.3) is 11.3 Å². The lowest BCUT2D eigenvalue weighted by Crippen LogP contribution is -2.40. The molecule has 0 fully saturated rings. The molecule has 0 saturated carbocycles. The number of nitrogens with one attached hydrogen (secondary N) is 1. The molecule has 144 valence electrons. The molecule has 1 atom stereocenters. The molecule has 1 amide bonds. The number of fused-ring (bicyclic) bond motifs is 1. The number of methoxy groups -OCH3 is 2. The molecule has 1 aromatic heterocycles. The zero-order chi connectivity index (χ0) is 19.5. The molecule has 0 unspecified atom stereocenters. The predicted molar refractivity (Wildman–Crippen MR) is 106 cm³/mol. The highest BCUT2D eigenvalue weighted by Crippen LogP contribution is 2.35. The Hall–Kier alpha value is -3.26. The first-order valence-electron chi connectivity index (χ1n) is 8.55. The fourth-order valence-corrected chi connectivity index (χ4v) is 3.52. The molecule has 0 bridgehead atoms. The van der Waals surface area contributed by atoms with Crippen molar-refractivity contribution < 1.29 is 23.7 Å².